The van der Waals surface area contributed by atoms with Crippen LogP contribution in [0.5, 0.6) is 5.75 Å². The molecule has 2 aromatic carbocycles. The fourth-order valence-corrected chi connectivity index (χ4v) is 4.17. The van der Waals surface area contributed by atoms with E-state index in [-0.39, 0.29) is 0 Å². The summed E-state index contributed by atoms with van der Waals surface area (Å²) in [5.74, 6) is -0.697. The standard InChI is InChI=1S/C21H16F3N3O3S/c1-12-17(31-20(26-12)13-5-7-14(8-6-13)21(22,23)24)9-27-11-25-19-15(27)3-2-4-16(19)30-10-18(28)29/h2-8,11H,9-10H2,1H3,(H,28,29). The maximum Gasteiger partial charge on any atom is 0.416 e. The molecule has 31 heavy (non-hydrogen) atoms. The number of aryl methyl sites for hydroxylation is 1. The Morgan fingerprint density at radius 3 is 2.61 bits per heavy atom. The predicted octanol–water partition coefficient (Wildman–Crippen LogP) is 5.00. The number of halogens is 3. The molecule has 0 radical (unpaired) electrons. The fourth-order valence-electron chi connectivity index (χ4n) is 3.10. The molecule has 0 fully saturated rings. The highest BCUT2D eigenvalue weighted by atomic mass is 32.1. The van der Waals surface area contributed by atoms with Gasteiger partial charge in [-0.15, -0.1) is 11.3 Å². The van der Waals surface area contributed by atoms with Crippen LogP contribution in [0.1, 0.15) is 16.1 Å². The van der Waals surface area contributed by atoms with Gasteiger partial charge in [0.2, 0.25) is 0 Å². The number of alkyl halides is 3. The minimum absolute atomic E-state index is 0.380. The Kier molecular flexibility index (Phi) is 5.40. The van der Waals surface area contributed by atoms with Crippen LogP contribution in [0.4, 0.5) is 13.2 Å². The molecular weight excluding hydrogens is 431 g/mol. The van der Waals surface area contributed by atoms with E-state index in [1.54, 1.807) is 18.5 Å². The lowest BCUT2D eigenvalue weighted by atomic mass is 10.1. The van der Waals surface area contributed by atoms with Crippen LogP contribution in [-0.2, 0) is 17.5 Å². The quantitative estimate of drug-likeness (QED) is 0.450. The van der Waals surface area contributed by atoms with E-state index in [1.165, 1.54) is 23.5 Å². The van der Waals surface area contributed by atoms with Crippen LogP contribution in [0.15, 0.2) is 48.8 Å². The zero-order chi connectivity index (χ0) is 22.2. The molecule has 1 N–H and O–H groups in total. The minimum Gasteiger partial charge on any atom is -0.480 e. The summed E-state index contributed by atoms with van der Waals surface area (Å²) in [5, 5.41) is 9.45. The number of hydrogen-bond donors (Lipinski definition) is 1. The number of rotatable bonds is 6. The zero-order valence-electron chi connectivity index (χ0n) is 16.2. The molecular formula is C21H16F3N3O3S. The molecule has 4 rings (SSSR count). The number of carbonyl (C=O) groups is 1. The number of carboxylic acids is 1. The number of thiazole rings is 1. The normalized spacial score (nSPS) is 11.7. The number of nitrogens with zero attached hydrogens (tertiary/aromatic N) is 3. The van der Waals surface area contributed by atoms with Crippen molar-refractivity contribution in [3.8, 4) is 16.3 Å². The van der Waals surface area contributed by atoms with Crippen LogP contribution in [0.2, 0.25) is 0 Å². The van der Waals surface area contributed by atoms with Gasteiger partial charge < -0.3 is 14.4 Å². The maximum absolute atomic E-state index is 12.8. The average Bonchev–Trinajstić information content (AvgIpc) is 3.30. The molecule has 0 aliphatic rings. The van der Waals surface area contributed by atoms with Crippen molar-refractivity contribution >= 4 is 28.3 Å². The first-order valence-corrected chi connectivity index (χ1v) is 9.96. The van der Waals surface area contributed by atoms with Gasteiger partial charge in [0, 0.05) is 10.4 Å². The number of fused-ring (bicyclic) bond motifs is 1. The SMILES string of the molecule is Cc1nc(-c2ccc(C(F)(F)F)cc2)sc1Cn1cnc2c(OCC(=O)O)cccc21. The number of aromatic nitrogens is 3. The second-order valence-electron chi connectivity index (χ2n) is 6.78. The first-order chi connectivity index (χ1) is 14.7. The van der Waals surface area contributed by atoms with Crippen LogP contribution < -0.4 is 4.74 Å². The van der Waals surface area contributed by atoms with Gasteiger partial charge in [-0.25, -0.2) is 14.8 Å². The highest BCUT2D eigenvalue weighted by Gasteiger charge is 2.30. The van der Waals surface area contributed by atoms with E-state index in [2.05, 4.69) is 9.97 Å². The van der Waals surface area contributed by atoms with Crippen LogP contribution in [-0.4, -0.2) is 32.2 Å². The Hall–Kier alpha value is -3.40. The van der Waals surface area contributed by atoms with Gasteiger partial charge in [0.25, 0.3) is 0 Å². The number of carboxylic acid groups (broad SMARTS) is 1. The number of hydrogen-bond acceptors (Lipinski definition) is 5. The van der Waals surface area contributed by atoms with Crippen LogP contribution in [0.3, 0.4) is 0 Å². The molecule has 0 aliphatic heterocycles. The first kappa shape index (κ1) is 20.9. The topological polar surface area (TPSA) is 77.2 Å². The van der Waals surface area contributed by atoms with Crippen molar-refractivity contribution in [3.63, 3.8) is 0 Å². The van der Waals surface area contributed by atoms with Crippen molar-refractivity contribution in [2.75, 3.05) is 6.61 Å². The molecule has 0 saturated heterocycles. The summed E-state index contributed by atoms with van der Waals surface area (Å²) in [6, 6.07) is 10.2. The Bertz CT molecular complexity index is 1250. The van der Waals surface area contributed by atoms with E-state index < -0.39 is 24.3 Å². The van der Waals surface area contributed by atoms with Gasteiger partial charge in [-0.3, -0.25) is 0 Å². The third kappa shape index (κ3) is 4.38. The summed E-state index contributed by atoms with van der Waals surface area (Å²) < 4.78 is 45.5. The lowest BCUT2D eigenvalue weighted by Gasteiger charge is -2.06. The molecule has 6 nitrogen and oxygen atoms in total. The van der Waals surface area contributed by atoms with Gasteiger partial charge >= 0.3 is 12.1 Å². The summed E-state index contributed by atoms with van der Waals surface area (Å²) in [5.41, 5.74) is 2.02. The third-order valence-corrected chi connectivity index (χ3v) is 5.82. The molecule has 160 valence electrons. The van der Waals surface area contributed by atoms with Gasteiger partial charge in [-0.1, -0.05) is 18.2 Å². The van der Waals surface area contributed by atoms with E-state index in [9.17, 15) is 18.0 Å². The third-order valence-electron chi connectivity index (χ3n) is 4.63. The average molecular weight is 447 g/mol. The van der Waals surface area contributed by atoms with Crippen molar-refractivity contribution in [1.29, 1.82) is 0 Å². The smallest absolute Gasteiger partial charge is 0.416 e. The summed E-state index contributed by atoms with van der Waals surface area (Å²) in [6.07, 6.45) is -2.74. The monoisotopic (exact) mass is 447 g/mol. The van der Waals surface area contributed by atoms with Gasteiger partial charge in [0.05, 0.1) is 29.6 Å². The van der Waals surface area contributed by atoms with Crippen molar-refractivity contribution in [2.24, 2.45) is 0 Å². The number of imidazole rings is 1. The van der Waals surface area contributed by atoms with Crippen LogP contribution in [0, 0.1) is 6.92 Å². The second-order valence-corrected chi connectivity index (χ2v) is 7.87. The number of benzene rings is 2. The number of ether oxygens (including phenoxy) is 1. The first-order valence-electron chi connectivity index (χ1n) is 9.15. The molecule has 4 aromatic rings. The minimum atomic E-state index is -4.38. The Labute approximate surface area is 178 Å². The predicted molar refractivity (Wildman–Crippen MR) is 109 cm³/mol. The largest absolute Gasteiger partial charge is 0.480 e. The van der Waals surface area contributed by atoms with E-state index >= 15 is 0 Å². The Morgan fingerprint density at radius 2 is 1.94 bits per heavy atom. The Morgan fingerprint density at radius 1 is 1.19 bits per heavy atom. The highest BCUT2D eigenvalue weighted by Crippen LogP contribution is 2.33. The molecule has 0 unspecified atom stereocenters. The molecule has 0 aliphatic carbocycles. The molecule has 10 heteroatoms. The van der Waals surface area contributed by atoms with Crippen molar-refractivity contribution in [3.05, 3.63) is 64.9 Å². The fraction of sp³-hybridized carbons (Fsp3) is 0.190. The molecule has 0 bridgehead atoms. The molecule has 2 heterocycles. The summed E-state index contributed by atoms with van der Waals surface area (Å²) in [7, 11) is 0. The van der Waals surface area contributed by atoms with Crippen molar-refractivity contribution in [1.82, 2.24) is 14.5 Å². The van der Waals surface area contributed by atoms with E-state index in [4.69, 9.17) is 9.84 Å². The summed E-state index contributed by atoms with van der Waals surface area (Å²) in [6.45, 7) is 1.85. The molecule has 0 atom stereocenters. The van der Waals surface area contributed by atoms with E-state index in [0.29, 0.717) is 28.4 Å². The molecule has 0 amide bonds. The lowest BCUT2D eigenvalue weighted by molar-refractivity contribution is -0.139. The Balaban J connectivity index is 1.59. The van der Waals surface area contributed by atoms with Gasteiger partial charge in [-0.05, 0) is 31.2 Å². The van der Waals surface area contributed by atoms with Gasteiger partial charge in [0.1, 0.15) is 16.3 Å². The van der Waals surface area contributed by atoms with Crippen molar-refractivity contribution in [2.45, 2.75) is 19.6 Å². The van der Waals surface area contributed by atoms with Gasteiger partial charge in [-0.2, -0.15) is 13.2 Å². The second kappa shape index (κ2) is 8.03. The summed E-state index contributed by atoms with van der Waals surface area (Å²) in [4.78, 5) is 20.6. The van der Waals surface area contributed by atoms with Crippen LogP contribution >= 0.6 is 11.3 Å². The van der Waals surface area contributed by atoms with E-state index in [0.717, 1.165) is 28.2 Å². The highest BCUT2D eigenvalue weighted by molar-refractivity contribution is 7.15. The zero-order valence-corrected chi connectivity index (χ0v) is 17.0. The molecule has 0 saturated carbocycles. The number of para-hydroxylation sites is 1. The maximum atomic E-state index is 12.8. The summed E-state index contributed by atoms with van der Waals surface area (Å²) >= 11 is 1.40. The van der Waals surface area contributed by atoms with Crippen LogP contribution in [0.25, 0.3) is 21.6 Å². The van der Waals surface area contributed by atoms with Gasteiger partial charge in [0.15, 0.2) is 6.61 Å². The number of aliphatic carboxylic acids is 1. The lowest BCUT2D eigenvalue weighted by Crippen LogP contribution is -2.09. The molecule has 2 aromatic heterocycles. The van der Waals surface area contributed by atoms with Crippen molar-refractivity contribution < 1.29 is 27.8 Å². The van der Waals surface area contributed by atoms with E-state index in [1.807, 2.05) is 17.6 Å². The molecule has 0 spiro atoms.